The molecular weight excluding hydrogens is 340 g/mol. The molecule has 0 spiro atoms. The van der Waals surface area contributed by atoms with Crippen LogP contribution in [0.5, 0.6) is 0 Å². The third-order valence-electron chi connectivity index (χ3n) is 4.92. The summed E-state index contributed by atoms with van der Waals surface area (Å²) >= 11 is 0. The number of nitrogen functional groups attached to an aromatic ring is 1. The molecule has 3 aromatic carbocycles. The Morgan fingerprint density at radius 1 is 0.889 bits per heavy atom. The third kappa shape index (κ3) is 2.64. The molecular formula is C22H16N2O3. The average Bonchev–Trinajstić information content (AvgIpc) is 2.69. The van der Waals surface area contributed by atoms with Crippen molar-refractivity contribution in [3.63, 3.8) is 0 Å². The maximum Gasteiger partial charge on any atom is 0.196 e. The number of carbonyl (C=O) groups excluding carboxylic acids is 2. The van der Waals surface area contributed by atoms with E-state index in [0.29, 0.717) is 17.5 Å². The highest BCUT2D eigenvalue weighted by Crippen LogP contribution is 2.39. The van der Waals surface area contributed by atoms with Gasteiger partial charge in [0.1, 0.15) is 5.69 Å². The molecule has 132 valence electrons. The number of nitroso groups, excluding NO2 is 1. The number of aryl methyl sites for hydroxylation is 1. The molecule has 0 bridgehead atoms. The molecule has 0 fully saturated rings. The second kappa shape index (κ2) is 6.29. The maximum atomic E-state index is 13.0. The van der Waals surface area contributed by atoms with E-state index < -0.39 is 5.78 Å². The van der Waals surface area contributed by atoms with Crippen molar-refractivity contribution in [3.05, 3.63) is 98.4 Å². The molecule has 2 N–H and O–H groups in total. The van der Waals surface area contributed by atoms with E-state index >= 15 is 0 Å². The fraction of sp³-hybridized carbons (Fsp3) is 0.0909. The van der Waals surface area contributed by atoms with E-state index in [9.17, 15) is 14.5 Å². The lowest BCUT2D eigenvalue weighted by Crippen LogP contribution is -2.23. The second-order valence-electron chi connectivity index (χ2n) is 6.68. The second-order valence-corrected chi connectivity index (χ2v) is 6.68. The lowest BCUT2D eigenvalue weighted by Gasteiger charge is -2.21. The molecule has 1 aliphatic rings. The highest BCUT2D eigenvalue weighted by Gasteiger charge is 2.34. The van der Waals surface area contributed by atoms with E-state index in [-0.39, 0.29) is 33.8 Å². The van der Waals surface area contributed by atoms with Crippen LogP contribution < -0.4 is 5.73 Å². The van der Waals surface area contributed by atoms with E-state index in [2.05, 4.69) is 5.18 Å². The van der Waals surface area contributed by atoms with Crippen LogP contribution in [0.3, 0.4) is 0 Å². The SMILES string of the molecule is Cc1ccc(Cc2cc(N=O)c3c(c2N)C(=O)c2ccccc2C3=O)cc1. The van der Waals surface area contributed by atoms with Crippen LogP contribution >= 0.6 is 0 Å². The zero-order valence-electron chi connectivity index (χ0n) is 14.7. The number of nitrogens with zero attached hydrogens (tertiary/aromatic N) is 1. The molecule has 5 heteroatoms. The molecule has 1 aliphatic carbocycles. The van der Waals surface area contributed by atoms with Gasteiger partial charge in [0.25, 0.3) is 0 Å². The summed E-state index contributed by atoms with van der Waals surface area (Å²) in [6.45, 7) is 1.99. The zero-order valence-corrected chi connectivity index (χ0v) is 14.7. The first-order valence-electron chi connectivity index (χ1n) is 8.54. The Morgan fingerprint density at radius 2 is 1.48 bits per heavy atom. The van der Waals surface area contributed by atoms with Crippen LogP contribution in [0.1, 0.15) is 48.5 Å². The van der Waals surface area contributed by atoms with Crippen molar-refractivity contribution >= 4 is 22.9 Å². The largest absolute Gasteiger partial charge is 0.398 e. The molecule has 3 aromatic rings. The molecule has 4 rings (SSSR count). The summed E-state index contributed by atoms with van der Waals surface area (Å²) in [6, 6.07) is 15.9. The molecule has 5 nitrogen and oxygen atoms in total. The Hall–Kier alpha value is -3.60. The highest BCUT2D eigenvalue weighted by atomic mass is 16.3. The van der Waals surface area contributed by atoms with Gasteiger partial charge >= 0.3 is 0 Å². The molecule has 0 heterocycles. The van der Waals surface area contributed by atoms with Crippen LogP contribution in [0, 0.1) is 11.8 Å². The van der Waals surface area contributed by atoms with Gasteiger partial charge < -0.3 is 5.73 Å². The van der Waals surface area contributed by atoms with Crippen molar-refractivity contribution in [1.82, 2.24) is 0 Å². The number of ketones is 2. The van der Waals surface area contributed by atoms with Crippen LogP contribution in [0.4, 0.5) is 11.4 Å². The highest BCUT2D eigenvalue weighted by molar-refractivity contribution is 6.31. The van der Waals surface area contributed by atoms with Gasteiger partial charge in [-0.15, -0.1) is 4.91 Å². The van der Waals surface area contributed by atoms with Crippen LogP contribution in [-0.4, -0.2) is 11.6 Å². The quantitative estimate of drug-likeness (QED) is 0.437. The smallest absolute Gasteiger partial charge is 0.196 e. The third-order valence-corrected chi connectivity index (χ3v) is 4.92. The molecule has 0 aliphatic heterocycles. The number of anilines is 1. The normalized spacial score (nSPS) is 12.5. The minimum absolute atomic E-state index is 0.00106. The monoisotopic (exact) mass is 356 g/mol. The van der Waals surface area contributed by atoms with Crippen LogP contribution in [0.15, 0.2) is 59.8 Å². The molecule has 0 atom stereocenters. The van der Waals surface area contributed by atoms with Gasteiger partial charge in [-0.05, 0) is 35.7 Å². The average molecular weight is 356 g/mol. The summed E-state index contributed by atoms with van der Waals surface area (Å²) in [5, 5.41) is 3.02. The fourth-order valence-electron chi connectivity index (χ4n) is 3.50. The Balaban J connectivity index is 1.91. The van der Waals surface area contributed by atoms with E-state index in [0.717, 1.165) is 11.1 Å². The number of benzene rings is 3. The molecule has 0 aromatic heterocycles. The van der Waals surface area contributed by atoms with Crippen LogP contribution in [0.25, 0.3) is 0 Å². The first-order valence-corrected chi connectivity index (χ1v) is 8.54. The Morgan fingerprint density at radius 3 is 2.07 bits per heavy atom. The van der Waals surface area contributed by atoms with Crippen molar-refractivity contribution in [2.24, 2.45) is 5.18 Å². The number of hydrogen-bond acceptors (Lipinski definition) is 5. The van der Waals surface area contributed by atoms with Crippen LogP contribution in [0.2, 0.25) is 0 Å². The minimum atomic E-state index is -0.400. The molecule has 0 amide bonds. The van der Waals surface area contributed by atoms with Crippen molar-refractivity contribution in [2.45, 2.75) is 13.3 Å². The Labute approximate surface area is 155 Å². The summed E-state index contributed by atoms with van der Waals surface area (Å²) < 4.78 is 0. The van der Waals surface area contributed by atoms with Crippen molar-refractivity contribution in [3.8, 4) is 0 Å². The van der Waals surface area contributed by atoms with Crippen molar-refractivity contribution < 1.29 is 9.59 Å². The predicted octanol–water partition coefficient (Wildman–Crippen LogP) is 4.34. The standard InChI is InChI=1S/C22H16N2O3/c1-12-6-8-13(9-7-12)10-14-11-17(24-27)18-19(20(14)23)22(26)16-5-3-2-4-15(16)21(18)25/h2-9,11H,10,23H2,1H3. The summed E-state index contributed by atoms with van der Waals surface area (Å²) in [5.74, 6) is -0.753. The minimum Gasteiger partial charge on any atom is -0.398 e. The summed E-state index contributed by atoms with van der Waals surface area (Å²) in [5.41, 5.74) is 9.84. The molecule has 0 saturated heterocycles. The topological polar surface area (TPSA) is 89.6 Å². The van der Waals surface area contributed by atoms with Gasteiger partial charge in [-0.1, -0.05) is 54.1 Å². The summed E-state index contributed by atoms with van der Waals surface area (Å²) in [7, 11) is 0. The number of rotatable bonds is 3. The number of nitrogens with two attached hydrogens (primary N) is 1. The molecule has 0 radical (unpaired) electrons. The van der Waals surface area contributed by atoms with E-state index in [1.165, 1.54) is 6.07 Å². The van der Waals surface area contributed by atoms with E-state index in [4.69, 9.17) is 5.73 Å². The lowest BCUT2D eigenvalue weighted by atomic mass is 9.80. The van der Waals surface area contributed by atoms with Gasteiger partial charge in [-0.2, -0.15) is 0 Å². The molecule has 0 unspecified atom stereocenters. The molecule has 0 saturated carbocycles. The van der Waals surface area contributed by atoms with Crippen molar-refractivity contribution in [2.75, 3.05) is 5.73 Å². The lowest BCUT2D eigenvalue weighted by molar-refractivity contribution is 0.0980. The summed E-state index contributed by atoms with van der Waals surface area (Å²) in [4.78, 5) is 37.4. The van der Waals surface area contributed by atoms with Gasteiger partial charge in [-0.25, -0.2) is 0 Å². The first-order chi connectivity index (χ1) is 13.0. The van der Waals surface area contributed by atoms with Gasteiger partial charge in [-0.3, -0.25) is 9.59 Å². The van der Waals surface area contributed by atoms with Crippen LogP contribution in [-0.2, 0) is 6.42 Å². The maximum absolute atomic E-state index is 13.0. The zero-order chi connectivity index (χ0) is 19.1. The van der Waals surface area contributed by atoms with Crippen molar-refractivity contribution in [1.29, 1.82) is 0 Å². The Bertz CT molecular complexity index is 1120. The predicted molar refractivity (Wildman–Crippen MR) is 104 cm³/mol. The summed E-state index contributed by atoms with van der Waals surface area (Å²) in [6.07, 6.45) is 0.436. The number of hydrogen-bond donors (Lipinski definition) is 1. The van der Waals surface area contributed by atoms with E-state index in [1.807, 2.05) is 31.2 Å². The van der Waals surface area contributed by atoms with Gasteiger partial charge in [0.05, 0.1) is 11.1 Å². The van der Waals surface area contributed by atoms with Gasteiger partial charge in [0, 0.05) is 16.8 Å². The van der Waals surface area contributed by atoms with Gasteiger partial charge in [0.15, 0.2) is 11.6 Å². The Kier molecular flexibility index (Phi) is 3.92. The van der Waals surface area contributed by atoms with Gasteiger partial charge in [0.2, 0.25) is 0 Å². The fourth-order valence-corrected chi connectivity index (χ4v) is 3.50. The first kappa shape index (κ1) is 16.8. The number of carbonyl (C=O) groups is 2. The number of fused-ring (bicyclic) bond motifs is 2. The van der Waals surface area contributed by atoms with E-state index in [1.54, 1.807) is 24.3 Å². The molecule has 27 heavy (non-hydrogen) atoms.